The van der Waals surface area contributed by atoms with E-state index in [1.807, 2.05) is 0 Å². The fourth-order valence-corrected chi connectivity index (χ4v) is 9.98. The van der Waals surface area contributed by atoms with E-state index >= 15 is 0 Å². The van der Waals surface area contributed by atoms with Gasteiger partial charge in [0, 0.05) is 30.4 Å². The van der Waals surface area contributed by atoms with Crippen LogP contribution in [0.4, 0.5) is 14.5 Å². The van der Waals surface area contributed by atoms with Crippen LogP contribution in [0.25, 0.3) is 0 Å². The molecule has 9 nitrogen and oxygen atoms in total. The molecular weight excluding hydrogens is 578 g/mol. The van der Waals surface area contributed by atoms with Crippen LogP contribution in [0.15, 0.2) is 41.3 Å². The van der Waals surface area contributed by atoms with Crippen molar-refractivity contribution in [2.24, 2.45) is 11.8 Å². The Morgan fingerprint density at radius 2 is 1.82 bits per heavy atom. The number of halogens is 3. The summed E-state index contributed by atoms with van der Waals surface area (Å²) in [7, 11) is -7.55. The fourth-order valence-electron chi connectivity index (χ4n) is 6.05. The van der Waals surface area contributed by atoms with Crippen molar-refractivity contribution in [1.29, 1.82) is 0 Å². The molecule has 14 heteroatoms. The molecule has 1 amide bonds. The molecular formula is C25H27ClF2N2O7S2. The molecule has 3 aliphatic carbocycles. The summed E-state index contributed by atoms with van der Waals surface area (Å²) in [5.41, 5.74) is -1.69. The Kier molecular flexibility index (Phi) is 7.30. The minimum Gasteiger partial charge on any atom is -0.389 e. The van der Waals surface area contributed by atoms with Crippen molar-refractivity contribution in [2.75, 3.05) is 24.2 Å². The minimum atomic E-state index is -4.07. The summed E-state index contributed by atoms with van der Waals surface area (Å²) in [6.07, 6.45) is -0.359. The molecule has 39 heavy (non-hydrogen) atoms. The van der Waals surface area contributed by atoms with Gasteiger partial charge in [-0.25, -0.2) is 25.6 Å². The van der Waals surface area contributed by atoms with Gasteiger partial charge >= 0.3 is 0 Å². The Balaban J connectivity index is 1.31. The molecule has 4 aliphatic rings. The second-order valence-corrected chi connectivity index (χ2v) is 15.1. The first-order valence-electron chi connectivity index (χ1n) is 12.4. The van der Waals surface area contributed by atoms with Crippen molar-refractivity contribution < 1.29 is 40.6 Å². The molecule has 2 aromatic carbocycles. The third kappa shape index (κ3) is 4.97. The summed E-state index contributed by atoms with van der Waals surface area (Å²) in [6.45, 7) is 0.0184. The predicted octanol–water partition coefficient (Wildman–Crippen LogP) is 2.57. The standard InChI is InChI=1S/C25H27ClF2N2O7S2/c26-19-4-2-14(24(32)29-17-3-5-20(27)21(28)12-17)8-22(19)39(36,37)18-10-15-9-16(11-18)25(15,33)23(31)13-30-6-1-7-38(30,34)35/h2-5,8,12,15-16,18,23,31,33H,1,6-7,9-11,13H2,(H,29,32). The van der Waals surface area contributed by atoms with E-state index in [1.54, 1.807) is 0 Å². The second-order valence-electron chi connectivity index (χ2n) is 10.4. The van der Waals surface area contributed by atoms with E-state index in [2.05, 4.69) is 5.32 Å². The molecule has 1 heterocycles. The molecule has 3 saturated carbocycles. The number of β-amino-alcohol motifs (C(OH)–C–C–N with tert-alkyl or cyclic N) is 1. The van der Waals surface area contributed by atoms with Crippen molar-refractivity contribution >= 4 is 43.1 Å². The van der Waals surface area contributed by atoms with Crippen LogP contribution < -0.4 is 5.32 Å². The van der Waals surface area contributed by atoms with Gasteiger partial charge in [0.1, 0.15) is 0 Å². The molecule has 0 spiro atoms. The van der Waals surface area contributed by atoms with E-state index in [0.717, 1.165) is 28.6 Å². The monoisotopic (exact) mass is 604 g/mol. The average molecular weight is 605 g/mol. The van der Waals surface area contributed by atoms with E-state index < -0.39 is 66.2 Å². The minimum absolute atomic E-state index is 0.00996. The summed E-state index contributed by atoms with van der Waals surface area (Å²) in [4.78, 5) is 12.4. The van der Waals surface area contributed by atoms with Crippen LogP contribution in [0, 0.1) is 23.5 Å². The topological polar surface area (TPSA) is 141 Å². The number of sulfone groups is 1. The van der Waals surface area contributed by atoms with Crippen molar-refractivity contribution in [2.45, 2.75) is 47.5 Å². The van der Waals surface area contributed by atoms with Gasteiger partial charge in [-0.15, -0.1) is 0 Å². The highest BCUT2D eigenvalue weighted by molar-refractivity contribution is 7.92. The van der Waals surface area contributed by atoms with Crippen LogP contribution in [0.3, 0.4) is 0 Å². The van der Waals surface area contributed by atoms with Crippen LogP contribution in [0.2, 0.25) is 5.02 Å². The fraction of sp³-hybridized carbons (Fsp3) is 0.480. The van der Waals surface area contributed by atoms with E-state index in [9.17, 15) is 40.6 Å². The van der Waals surface area contributed by atoms with E-state index in [0.29, 0.717) is 12.8 Å². The molecule has 3 N–H and O–H groups in total. The molecule has 2 bridgehead atoms. The quantitative estimate of drug-likeness (QED) is 0.441. The SMILES string of the molecule is O=C(Nc1ccc(F)c(F)c1)c1ccc(Cl)c(S(=O)(=O)C2CC3CC(C2)C3(O)C(O)CN2CCCS2(=O)=O)c1. The maximum atomic E-state index is 13.6. The average Bonchev–Trinajstić information content (AvgIpc) is 3.22. The third-order valence-corrected chi connectivity index (χ3v) is 12.8. The lowest BCUT2D eigenvalue weighted by Gasteiger charge is -2.60. The van der Waals surface area contributed by atoms with E-state index in [1.165, 1.54) is 12.1 Å². The number of rotatable bonds is 7. The molecule has 0 radical (unpaired) electrons. The van der Waals surface area contributed by atoms with Gasteiger partial charge in [-0.3, -0.25) is 4.79 Å². The number of nitrogens with zero attached hydrogens (tertiary/aromatic N) is 1. The first kappa shape index (κ1) is 28.4. The van der Waals surface area contributed by atoms with E-state index in [4.69, 9.17) is 11.6 Å². The van der Waals surface area contributed by atoms with Crippen molar-refractivity contribution in [1.82, 2.24) is 4.31 Å². The normalized spacial score (nSPS) is 29.0. The van der Waals surface area contributed by atoms with Crippen LogP contribution in [0.5, 0.6) is 0 Å². The first-order valence-corrected chi connectivity index (χ1v) is 15.9. The summed E-state index contributed by atoms with van der Waals surface area (Å²) < 4.78 is 79.3. The first-order chi connectivity index (χ1) is 18.2. The lowest BCUT2D eigenvalue weighted by atomic mass is 9.52. The molecule has 4 fully saturated rings. The van der Waals surface area contributed by atoms with Crippen molar-refractivity contribution in [3.63, 3.8) is 0 Å². The number of amides is 1. The van der Waals surface area contributed by atoms with Gasteiger partial charge in [-0.1, -0.05) is 11.6 Å². The number of sulfonamides is 1. The Labute approximate surface area is 229 Å². The van der Waals surface area contributed by atoms with Crippen LogP contribution in [-0.4, -0.2) is 73.1 Å². The summed E-state index contributed by atoms with van der Waals surface area (Å²) in [5.74, 6) is -4.13. The number of benzene rings is 2. The molecule has 1 saturated heterocycles. The Bertz CT molecular complexity index is 1520. The molecule has 2 aromatic rings. The summed E-state index contributed by atoms with van der Waals surface area (Å²) >= 11 is 6.23. The van der Waals surface area contributed by atoms with Gasteiger partial charge in [-0.2, -0.15) is 4.31 Å². The van der Waals surface area contributed by atoms with Gasteiger partial charge in [0.15, 0.2) is 21.5 Å². The zero-order valence-electron chi connectivity index (χ0n) is 20.6. The molecule has 3 atom stereocenters. The lowest BCUT2D eigenvalue weighted by molar-refractivity contribution is -0.232. The molecule has 3 unspecified atom stereocenters. The number of aliphatic hydroxyl groups is 2. The molecule has 0 aromatic heterocycles. The van der Waals surface area contributed by atoms with Crippen molar-refractivity contribution in [3.05, 3.63) is 58.6 Å². The number of fused-ring (bicyclic) bond motifs is 2. The number of nitrogens with one attached hydrogen (secondary N) is 1. The number of aliphatic hydroxyl groups excluding tert-OH is 1. The Morgan fingerprint density at radius 3 is 2.44 bits per heavy atom. The summed E-state index contributed by atoms with van der Waals surface area (Å²) in [6, 6.07) is 6.48. The zero-order chi connectivity index (χ0) is 28.3. The van der Waals surface area contributed by atoms with Gasteiger partial charge in [0.05, 0.1) is 32.6 Å². The number of anilines is 1. The number of hydrogen-bond acceptors (Lipinski definition) is 7. The highest BCUT2D eigenvalue weighted by Crippen LogP contribution is 2.57. The van der Waals surface area contributed by atoms with Gasteiger partial charge in [-0.05, 0) is 67.9 Å². The van der Waals surface area contributed by atoms with Gasteiger partial charge in [0.2, 0.25) is 10.0 Å². The Hall–Kier alpha value is -2.16. The summed E-state index contributed by atoms with van der Waals surface area (Å²) in [5, 5.41) is 23.5. The van der Waals surface area contributed by atoms with Gasteiger partial charge in [0.25, 0.3) is 5.91 Å². The Morgan fingerprint density at radius 1 is 1.13 bits per heavy atom. The van der Waals surface area contributed by atoms with Crippen LogP contribution in [0.1, 0.15) is 36.0 Å². The van der Waals surface area contributed by atoms with Gasteiger partial charge < -0.3 is 15.5 Å². The molecule has 1 aliphatic heterocycles. The number of carbonyl (C=O) groups excluding carboxylic acids is 1. The maximum Gasteiger partial charge on any atom is 0.255 e. The highest BCUT2D eigenvalue weighted by atomic mass is 35.5. The smallest absolute Gasteiger partial charge is 0.255 e. The number of hydrogen-bond donors (Lipinski definition) is 3. The lowest BCUT2D eigenvalue weighted by Crippen LogP contribution is -2.69. The van der Waals surface area contributed by atoms with E-state index in [-0.39, 0.29) is 52.9 Å². The van der Waals surface area contributed by atoms with Crippen molar-refractivity contribution in [3.8, 4) is 0 Å². The van der Waals surface area contributed by atoms with Crippen LogP contribution in [-0.2, 0) is 19.9 Å². The molecule has 6 rings (SSSR count). The predicted molar refractivity (Wildman–Crippen MR) is 139 cm³/mol. The third-order valence-electron chi connectivity index (χ3n) is 8.20. The maximum absolute atomic E-state index is 13.6. The zero-order valence-corrected chi connectivity index (χ0v) is 22.9. The highest BCUT2D eigenvalue weighted by Gasteiger charge is 2.63. The number of carbonyl (C=O) groups is 1. The molecule has 212 valence electrons. The second kappa shape index (κ2) is 10.0. The van der Waals surface area contributed by atoms with Crippen LogP contribution >= 0.6 is 11.6 Å². The largest absolute Gasteiger partial charge is 0.389 e.